The van der Waals surface area contributed by atoms with Gasteiger partial charge in [-0.2, -0.15) is 5.10 Å². The fourth-order valence-electron chi connectivity index (χ4n) is 3.15. The topological polar surface area (TPSA) is 102 Å². The Balaban J connectivity index is 1.48. The van der Waals surface area contributed by atoms with Gasteiger partial charge >= 0.3 is 0 Å². The number of pyridine rings is 2. The van der Waals surface area contributed by atoms with Gasteiger partial charge in [0.25, 0.3) is 5.91 Å². The van der Waals surface area contributed by atoms with Crippen LogP contribution in [0.4, 0.5) is 0 Å². The number of aliphatic hydroxyl groups excluding tert-OH is 1. The average Bonchev–Trinajstić information content (AvgIpc) is 3.44. The summed E-state index contributed by atoms with van der Waals surface area (Å²) in [6.45, 7) is 3.72. The van der Waals surface area contributed by atoms with Crippen molar-refractivity contribution >= 4 is 16.8 Å². The molecule has 1 fully saturated rings. The second-order valence-corrected chi connectivity index (χ2v) is 7.47. The van der Waals surface area contributed by atoms with E-state index in [9.17, 15) is 4.79 Å². The summed E-state index contributed by atoms with van der Waals surface area (Å²) in [5.74, 6) is 1.12. The predicted molar refractivity (Wildman–Crippen MR) is 108 cm³/mol. The number of aliphatic hydroxyl groups is 1. The first-order valence-electron chi connectivity index (χ1n) is 9.93. The van der Waals surface area contributed by atoms with Gasteiger partial charge in [0.15, 0.2) is 0 Å². The third kappa shape index (κ3) is 4.71. The third-order valence-corrected chi connectivity index (χ3v) is 4.90. The third-order valence-electron chi connectivity index (χ3n) is 4.90. The number of amides is 1. The van der Waals surface area contributed by atoms with Crippen LogP contribution in [-0.4, -0.2) is 50.5 Å². The zero-order valence-electron chi connectivity index (χ0n) is 16.5. The molecule has 4 rings (SSSR count). The Bertz CT molecular complexity index is 1010. The first kappa shape index (κ1) is 19.3. The van der Waals surface area contributed by atoms with Crippen LogP contribution >= 0.6 is 0 Å². The summed E-state index contributed by atoms with van der Waals surface area (Å²) in [5, 5.41) is 16.9. The quantitative estimate of drug-likeness (QED) is 0.538. The van der Waals surface area contributed by atoms with E-state index in [0.29, 0.717) is 47.9 Å². The van der Waals surface area contributed by atoms with E-state index in [-0.39, 0.29) is 12.5 Å². The Kier molecular flexibility index (Phi) is 5.71. The number of hydrogen-bond acceptors (Lipinski definition) is 6. The minimum atomic E-state index is -0.265. The van der Waals surface area contributed by atoms with E-state index in [0.717, 1.165) is 17.7 Å². The van der Waals surface area contributed by atoms with Gasteiger partial charge in [-0.1, -0.05) is 0 Å². The highest BCUT2D eigenvalue weighted by atomic mass is 16.5. The van der Waals surface area contributed by atoms with Crippen LogP contribution in [0.5, 0.6) is 5.88 Å². The highest BCUT2D eigenvalue weighted by Gasteiger charge is 2.22. The van der Waals surface area contributed by atoms with Gasteiger partial charge in [-0.3, -0.25) is 14.5 Å². The lowest BCUT2D eigenvalue weighted by atomic mass is 10.2. The van der Waals surface area contributed by atoms with Gasteiger partial charge in [-0.05, 0) is 49.8 Å². The standard InChI is InChI=1S/C21H25N5O3/c1-14-9-16(10-24-21(14)29-13-15-3-4-15)11-26-12-17-18(25-26)5-7-22-19(17)20(28)23-6-2-8-27/h5,7,9-10,12,15,27H,2-4,6,8,11,13H2,1H3,(H,23,28). The number of aromatic nitrogens is 4. The van der Waals surface area contributed by atoms with Crippen LogP contribution in [0.25, 0.3) is 10.9 Å². The molecule has 1 aliphatic rings. The Labute approximate surface area is 168 Å². The molecule has 29 heavy (non-hydrogen) atoms. The van der Waals surface area contributed by atoms with Crippen LogP contribution in [0, 0.1) is 12.8 Å². The van der Waals surface area contributed by atoms with E-state index in [1.807, 2.05) is 19.3 Å². The highest BCUT2D eigenvalue weighted by Crippen LogP contribution is 2.29. The molecule has 0 aromatic carbocycles. The molecule has 0 bridgehead atoms. The Morgan fingerprint density at radius 3 is 3.00 bits per heavy atom. The number of nitrogens with zero attached hydrogens (tertiary/aromatic N) is 4. The maximum atomic E-state index is 12.4. The van der Waals surface area contributed by atoms with E-state index < -0.39 is 0 Å². The number of rotatable bonds is 9. The van der Waals surface area contributed by atoms with Crippen molar-refractivity contribution in [2.24, 2.45) is 5.92 Å². The maximum absolute atomic E-state index is 12.4. The number of carbonyl (C=O) groups is 1. The Morgan fingerprint density at radius 2 is 2.24 bits per heavy atom. The van der Waals surface area contributed by atoms with E-state index in [2.05, 4.69) is 26.4 Å². The number of ether oxygens (including phenoxy) is 1. The second-order valence-electron chi connectivity index (χ2n) is 7.47. The lowest BCUT2D eigenvalue weighted by Crippen LogP contribution is -2.26. The Hall–Kier alpha value is -3.00. The maximum Gasteiger partial charge on any atom is 0.270 e. The molecule has 0 aliphatic heterocycles. The largest absolute Gasteiger partial charge is 0.477 e. The molecule has 1 amide bonds. The summed E-state index contributed by atoms with van der Waals surface area (Å²) in [6, 6.07) is 3.84. The fraction of sp³-hybridized carbons (Fsp3) is 0.429. The van der Waals surface area contributed by atoms with Crippen molar-refractivity contribution in [2.75, 3.05) is 19.8 Å². The van der Waals surface area contributed by atoms with Crippen molar-refractivity contribution in [3.63, 3.8) is 0 Å². The van der Waals surface area contributed by atoms with E-state index >= 15 is 0 Å². The van der Waals surface area contributed by atoms with E-state index in [1.165, 1.54) is 12.8 Å². The summed E-state index contributed by atoms with van der Waals surface area (Å²) in [4.78, 5) is 21.1. The van der Waals surface area contributed by atoms with Gasteiger partial charge in [0.05, 0.1) is 24.1 Å². The molecule has 0 radical (unpaired) electrons. The fourth-order valence-corrected chi connectivity index (χ4v) is 3.15. The molecule has 1 saturated carbocycles. The molecule has 3 heterocycles. The van der Waals surface area contributed by atoms with Gasteiger partial charge < -0.3 is 15.2 Å². The molecule has 8 nitrogen and oxygen atoms in total. The molecule has 0 spiro atoms. The van der Waals surface area contributed by atoms with Crippen LogP contribution in [0.2, 0.25) is 0 Å². The van der Waals surface area contributed by atoms with Crippen molar-refractivity contribution in [3.8, 4) is 5.88 Å². The van der Waals surface area contributed by atoms with Gasteiger partial charge in [0.1, 0.15) is 5.69 Å². The lowest BCUT2D eigenvalue weighted by Gasteiger charge is -2.09. The van der Waals surface area contributed by atoms with Crippen molar-refractivity contribution in [3.05, 3.63) is 47.5 Å². The number of hydrogen-bond donors (Lipinski definition) is 2. The number of aryl methyl sites for hydroxylation is 1. The van der Waals surface area contributed by atoms with Crippen LogP contribution in [0.3, 0.4) is 0 Å². The summed E-state index contributed by atoms with van der Waals surface area (Å²) >= 11 is 0. The van der Waals surface area contributed by atoms with Gasteiger partial charge in [0.2, 0.25) is 5.88 Å². The van der Waals surface area contributed by atoms with Crippen molar-refractivity contribution in [1.82, 2.24) is 25.1 Å². The molecule has 3 aromatic heterocycles. The van der Waals surface area contributed by atoms with Crippen LogP contribution in [0.15, 0.2) is 30.7 Å². The molecule has 0 saturated heterocycles. The van der Waals surface area contributed by atoms with Gasteiger partial charge in [0, 0.05) is 37.3 Å². The SMILES string of the molecule is Cc1cc(Cn2cc3c(C(=O)NCCCO)nccc3n2)cnc1OCC1CC1. The predicted octanol–water partition coefficient (Wildman–Crippen LogP) is 2.08. The summed E-state index contributed by atoms with van der Waals surface area (Å²) in [5.41, 5.74) is 3.06. The van der Waals surface area contributed by atoms with Crippen molar-refractivity contribution in [2.45, 2.75) is 32.7 Å². The zero-order valence-corrected chi connectivity index (χ0v) is 16.5. The average molecular weight is 395 g/mol. The molecular formula is C21H25N5O3. The minimum absolute atomic E-state index is 0.0354. The summed E-state index contributed by atoms with van der Waals surface area (Å²) in [7, 11) is 0. The zero-order chi connectivity index (χ0) is 20.2. The van der Waals surface area contributed by atoms with Crippen LogP contribution in [0.1, 0.15) is 40.9 Å². The number of fused-ring (bicyclic) bond motifs is 1. The van der Waals surface area contributed by atoms with Crippen molar-refractivity contribution in [1.29, 1.82) is 0 Å². The minimum Gasteiger partial charge on any atom is -0.477 e. The molecule has 8 heteroatoms. The molecule has 2 N–H and O–H groups in total. The summed E-state index contributed by atoms with van der Waals surface area (Å²) < 4.78 is 7.58. The Morgan fingerprint density at radius 1 is 1.38 bits per heavy atom. The normalized spacial score (nSPS) is 13.6. The molecule has 0 unspecified atom stereocenters. The number of nitrogens with one attached hydrogen (secondary N) is 1. The van der Waals surface area contributed by atoms with Gasteiger partial charge in [-0.15, -0.1) is 0 Å². The van der Waals surface area contributed by atoms with Crippen LogP contribution < -0.4 is 10.1 Å². The molecule has 152 valence electrons. The van der Waals surface area contributed by atoms with E-state index in [4.69, 9.17) is 9.84 Å². The first-order chi connectivity index (χ1) is 14.1. The monoisotopic (exact) mass is 395 g/mol. The smallest absolute Gasteiger partial charge is 0.270 e. The highest BCUT2D eigenvalue weighted by molar-refractivity contribution is 6.04. The molecule has 3 aromatic rings. The summed E-state index contributed by atoms with van der Waals surface area (Å²) in [6.07, 6.45) is 8.23. The second kappa shape index (κ2) is 8.57. The van der Waals surface area contributed by atoms with Crippen molar-refractivity contribution < 1.29 is 14.6 Å². The molecule has 1 aliphatic carbocycles. The first-order valence-corrected chi connectivity index (χ1v) is 9.93. The molecular weight excluding hydrogens is 370 g/mol. The van der Waals surface area contributed by atoms with E-state index in [1.54, 1.807) is 16.9 Å². The van der Waals surface area contributed by atoms with Gasteiger partial charge in [-0.25, -0.2) is 4.98 Å². The lowest BCUT2D eigenvalue weighted by molar-refractivity contribution is 0.0948. The van der Waals surface area contributed by atoms with Crippen LogP contribution in [-0.2, 0) is 6.54 Å². The molecule has 0 atom stereocenters. The number of carbonyl (C=O) groups excluding carboxylic acids is 1.